The summed E-state index contributed by atoms with van der Waals surface area (Å²) in [7, 11) is 0. The zero-order valence-electron chi connectivity index (χ0n) is 14.6. The third-order valence-electron chi connectivity index (χ3n) is 4.18. The number of rotatable bonds is 6. The van der Waals surface area contributed by atoms with Crippen LogP contribution in [0.5, 0.6) is 0 Å². The van der Waals surface area contributed by atoms with Gasteiger partial charge in [0.15, 0.2) is 5.82 Å². The molecule has 0 aliphatic carbocycles. The fourth-order valence-corrected chi connectivity index (χ4v) is 2.79. The average molecular weight is 339 g/mol. The maximum absolute atomic E-state index is 12.5. The molecule has 0 aliphatic rings. The van der Waals surface area contributed by atoms with Gasteiger partial charge in [-0.25, -0.2) is 0 Å². The molecule has 3 aromatic heterocycles. The van der Waals surface area contributed by atoms with Crippen molar-refractivity contribution in [2.45, 2.75) is 40.0 Å². The topological polar surface area (TPSA) is 96.7 Å². The van der Waals surface area contributed by atoms with E-state index in [1.807, 2.05) is 32.9 Å². The van der Waals surface area contributed by atoms with E-state index in [-0.39, 0.29) is 12.3 Å². The molecule has 0 bridgehead atoms. The largest absolute Gasteiger partial charge is 0.361 e. The second-order valence-corrected chi connectivity index (χ2v) is 5.77. The fourth-order valence-electron chi connectivity index (χ4n) is 2.79. The molecule has 0 aromatic carbocycles. The van der Waals surface area contributed by atoms with Gasteiger partial charge >= 0.3 is 0 Å². The number of aryl methyl sites for hydroxylation is 2. The lowest BCUT2D eigenvalue weighted by molar-refractivity contribution is -0.115. The highest BCUT2D eigenvalue weighted by molar-refractivity contribution is 5.93. The Labute approximate surface area is 145 Å². The maximum atomic E-state index is 12.5. The second kappa shape index (κ2) is 7.29. The molecule has 0 fully saturated rings. The molecule has 3 rings (SSSR count). The van der Waals surface area contributed by atoms with E-state index in [0.29, 0.717) is 12.2 Å². The minimum atomic E-state index is -0.136. The molecule has 0 saturated carbocycles. The Morgan fingerprint density at radius 3 is 2.68 bits per heavy atom. The monoisotopic (exact) mass is 339 g/mol. The summed E-state index contributed by atoms with van der Waals surface area (Å²) in [4.78, 5) is 16.5. The summed E-state index contributed by atoms with van der Waals surface area (Å²) in [6.45, 7) is 5.90. The molecule has 0 aliphatic heterocycles. The lowest BCUT2D eigenvalue weighted by Gasteiger charge is -2.05. The van der Waals surface area contributed by atoms with Crippen LogP contribution in [0.4, 0.5) is 5.82 Å². The predicted molar refractivity (Wildman–Crippen MR) is 94.1 cm³/mol. The molecule has 1 amide bonds. The molecule has 0 radical (unpaired) electrons. The van der Waals surface area contributed by atoms with Crippen molar-refractivity contribution in [1.29, 1.82) is 0 Å². The van der Waals surface area contributed by atoms with Gasteiger partial charge in [0.2, 0.25) is 5.91 Å². The maximum Gasteiger partial charge on any atom is 0.230 e. The minimum Gasteiger partial charge on any atom is -0.361 e. The van der Waals surface area contributed by atoms with E-state index in [1.54, 1.807) is 12.4 Å². The van der Waals surface area contributed by atoms with E-state index in [1.165, 1.54) is 0 Å². The molecule has 0 spiro atoms. The van der Waals surface area contributed by atoms with Crippen LogP contribution in [0.25, 0.3) is 11.3 Å². The smallest absolute Gasteiger partial charge is 0.230 e. The zero-order chi connectivity index (χ0) is 17.8. The number of aromatic nitrogens is 4. The molecule has 0 atom stereocenters. The Morgan fingerprint density at radius 2 is 2.00 bits per heavy atom. The molecule has 3 aromatic rings. The van der Waals surface area contributed by atoms with Gasteiger partial charge < -0.3 is 9.84 Å². The molecule has 25 heavy (non-hydrogen) atoms. The number of H-pyrrole nitrogens is 1. The predicted octanol–water partition coefficient (Wildman–Crippen LogP) is 3.07. The molecule has 0 saturated heterocycles. The highest BCUT2D eigenvalue weighted by Gasteiger charge is 2.19. The molecule has 3 heterocycles. The number of pyridine rings is 1. The van der Waals surface area contributed by atoms with E-state index in [2.05, 4.69) is 25.7 Å². The van der Waals surface area contributed by atoms with E-state index >= 15 is 0 Å². The van der Waals surface area contributed by atoms with Gasteiger partial charge in [-0.05, 0) is 25.5 Å². The number of anilines is 1. The summed E-state index contributed by atoms with van der Waals surface area (Å²) in [5.74, 6) is 1.16. The average Bonchev–Trinajstić information content (AvgIpc) is 3.19. The van der Waals surface area contributed by atoms with Crippen molar-refractivity contribution in [2.75, 3.05) is 5.32 Å². The number of amides is 1. The van der Waals surface area contributed by atoms with E-state index in [4.69, 9.17) is 4.52 Å². The first-order valence-corrected chi connectivity index (χ1v) is 8.35. The molecular formula is C18H21N5O2. The summed E-state index contributed by atoms with van der Waals surface area (Å²) in [6, 6.07) is 3.79. The first-order chi connectivity index (χ1) is 12.1. The van der Waals surface area contributed by atoms with Crippen LogP contribution < -0.4 is 5.32 Å². The molecule has 7 heteroatoms. The summed E-state index contributed by atoms with van der Waals surface area (Å²) >= 11 is 0. The second-order valence-electron chi connectivity index (χ2n) is 5.77. The van der Waals surface area contributed by atoms with Crippen molar-refractivity contribution < 1.29 is 9.32 Å². The molecule has 0 unspecified atom stereocenters. The summed E-state index contributed by atoms with van der Waals surface area (Å²) < 4.78 is 5.31. The van der Waals surface area contributed by atoms with Crippen molar-refractivity contribution in [1.82, 2.24) is 20.3 Å². The number of nitrogens with zero attached hydrogens (tertiary/aromatic N) is 3. The molecule has 2 N–H and O–H groups in total. The molecule has 130 valence electrons. The van der Waals surface area contributed by atoms with Crippen molar-refractivity contribution in [3.8, 4) is 11.3 Å². The minimum absolute atomic E-state index is 0.136. The Kier molecular flexibility index (Phi) is 4.92. The number of hydrogen-bond donors (Lipinski definition) is 2. The van der Waals surface area contributed by atoms with Crippen LogP contribution in [0.2, 0.25) is 0 Å². The van der Waals surface area contributed by atoms with Crippen molar-refractivity contribution >= 4 is 11.7 Å². The van der Waals surface area contributed by atoms with Crippen molar-refractivity contribution in [3.63, 3.8) is 0 Å². The van der Waals surface area contributed by atoms with Crippen molar-refractivity contribution in [3.05, 3.63) is 47.1 Å². The highest BCUT2D eigenvalue weighted by atomic mass is 16.5. The van der Waals surface area contributed by atoms with Crippen LogP contribution in [0.15, 0.2) is 29.0 Å². The first-order valence-electron chi connectivity index (χ1n) is 8.35. The van der Waals surface area contributed by atoms with Crippen LogP contribution in [0.1, 0.15) is 36.4 Å². The Balaban J connectivity index is 1.76. The lowest BCUT2D eigenvalue weighted by atomic mass is 10.1. The number of nitrogens with one attached hydrogen (secondary N) is 2. The number of carbonyl (C=O) groups is 1. The van der Waals surface area contributed by atoms with E-state index < -0.39 is 0 Å². The van der Waals surface area contributed by atoms with Crippen LogP contribution in [0.3, 0.4) is 0 Å². The number of aromatic amines is 1. The summed E-state index contributed by atoms with van der Waals surface area (Å²) in [5.41, 5.74) is 4.44. The highest BCUT2D eigenvalue weighted by Crippen LogP contribution is 2.25. The Morgan fingerprint density at radius 1 is 1.24 bits per heavy atom. The van der Waals surface area contributed by atoms with Crippen LogP contribution in [0, 0.1) is 6.92 Å². The van der Waals surface area contributed by atoms with Gasteiger partial charge in [0.1, 0.15) is 5.76 Å². The Bertz CT molecular complexity index is 845. The van der Waals surface area contributed by atoms with Gasteiger partial charge in [-0.1, -0.05) is 19.0 Å². The van der Waals surface area contributed by atoms with Gasteiger partial charge in [-0.2, -0.15) is 5.10 Å². The zero-order valence-corrected chi connectivity index (χ0v) is 14.6. The fraction of sp³-hybridized carbons (Fsp3) is 0.333. The summed E-state index contributed by atoms with van der Waals surface area (Å²) in [6.07, 6.45) is 5.12. The Hall–Kier alpha value is -2.96. The van der Waals surface area contributed by atoms with Gasteiger partial charge in [0, 0.05) is 35.5 Å². The third-order valence-corrected chi connectivity index (χ3v) is 4.18. The quantitative estimate of drug-likeness (QED) is 0.719. The SMILES string of the molecule is CCc1noc(CC)c1CC(=O)Nc1n[nH]c(-c2ccncc2)c1C. The number of hydrogen-bond acceptors (Lipinski definition) is 5. The first kappa shape index (κ1) is 16.9. The van der Waals surface area contributed by atoms with Gasteiger partial charge in [0.25, 0.3) is 0 Å². The van der Waals surface area contributed by atoms with Crippen LogP contribution in [-0.4, -0.2) is 26.2 Å². The number of carbonyl (C=O) groups excluding carboxylic acids is 1. The van der Waals surface area contributed by atoms with Gasteiger partial charge in [-0.15, -0.1) is 0 Å². The summed E-state index contributed by atoms with van der Waals surface area (Å²) in [5, 5.41) is 14.1. The van der Waals surface area contributed by atoms with E-state index in [9.17, 15) is 4.79 Å². The van der Waals surface area contributed by atoms with Crippen molar-refractivity contribution in [2.24, 2.45) is 0 Å². The molecule has 7 nitrogen and oxygen atoms in total. The van der Waals surface area contributed by atoms with Gasteiger partial charge in [0.05, 0.1) is 17.8 Å². The normalized spacial score (nSPS) is 10.8. The van der Waals surface area contributed by atoms with Crippen LogP contribution >= 0.6 is 0 Å². The van der Waals surface area contributed by atoms with Gasteiger partial charge in [-0.3, -0.25) is 14.9 Å². The van der Waals surface area contributed by atoms with E-state index in [0.717, 1.165) is 40.3 Å². The van der Waals surface area contributed by atoms with Crippen LogP contribution in [-0.2, 0) is 24.1 Å². The lowest BCUT2D eigenvalue weighted by Crippen LogP contribution is -2.16. The molecular weight excluding hydrogens is 318 g/mol. The third kappa shape index (κ3) is 3.45. The standard InChI is InChI=1S/C18H21N5O2/c1-4-14-13(15(5-2)25-23-14)10-16(24)20-18-11(3)17(21-22-18)12-6-8-19-9-7-12/h6-9H,4-5,10H2,1-3H3,(H2,20,21,22,24).